The van der Waals surface area contributed by atoms with Gasteiger partial charge in [-0.2, -0.15) is 0 Å². The van der Waals surface area contributed by atoms with E-state index in [0.29, 0.717) is 107 Å². The van der Waals surface area contributed by atoms with E-state index in [2.05, 4.69) is 30.6 Å². The van der Waals surface area contributed by atoms with E-state index in [1.54, 1.807) is 67.8 Å². The van der Waals surface area contributed by atoms with Gasteiger partial charge in [0, 0.05) is 105 Å². The Morgan fingerprint density at radius 1 is 0.610 bits per heavy atom. The van der Waals surface area contributed by atoms with Crippen molar-refractivity contribution in [3.05, 3.63) is 118 Å². The first-order valence-corrected chi connectivity index (χ1v) is 24.8. The molecule has 0 spiro atoms. The molecule has 0 atom stereocenters. The first-order valence-electron chi connectivity index (χ1n) is 24.8. The number of anilines is 2. The molecule has 2 N–H and O–H groups in total. The Hall–Kier alpha value is -6.93. The molecule has 2 fully saturated rings. The van der Waals surface area contributed by atoms with Crippen LogP contribution in [-0.2, 0) is 31.8 Å². The average molecular weight is 1070 g/mol. The van der Waals surface area contributed by atoms with E-state index in [4.69, 9.17) is 19.3 Å². The number of esters is 1. The number of ether oxygens (including phenoxy) is 3. The summed E-state index contributed by atoms with van der Waals surface area (Å²) in [6.45, 7) is 16.5. The van der Waals surface area contributed by atoms with Crippen LogP contribution in [0.3, 0.4) is 0 Å². The number of hydrogen-bond acceptors (Lipinski definition) is 18. The molecule has 6 aromatic rings. The van der Waals surface area contributed by atoms with Crippen molar-refractivity contribution in [1.29, 1.82) is 0 Å². The number of carbonyl (C=O) groups is 3. The number of aromatic nitrogens is 10. The summed E-state index contributed by atoms with van der Waals surface area (Å²) in [6.07, 6.45) is 10.9. The molecule has 8 rings (SSSR count). The zero-order valence-corrected chi connectivity index (χ0v) is 47.5. The van der Waals surface area contributed by atoms with Crippen molar-refractivity contribution in [1.82, 2.24) is 58.9 Å². The number of amides is 2. The first kappa shape index (κ1) is 62.6. The van der Waals surface area contributed by atoms with Gasteiger partial charge in [-0.25, -0.2) is 28.9 Å². The number of nitrogens with zero attached hydrogens (tertiary/aromatic N) is 14. The number of aliphatic hydroxyl groups excluding tert-OH is 2. The monoisotopic (exact) mass is 1070 g/mol. The molecule has 0 unspecified atom stereocenters. The van der Waals surface area contributed by atoms with Crippen molar-refractivity contribution >= 4 is 38.2 Å². The zero-order valence-electron chi connectivity index (χ0n) is 46.5. The minimum Gasteiger partial charge on any atom is -1.00 e. The minimum atomic E-state index is -0.583. The number of hydrogen-bond donors (Lipinski definition) is 2. The van der Waals surface area contributed by atoms with Crippen LogP contribution in [0.15, 0.2) is 95.3 Å². The molecule has 6 heterocycles. The second-order valence-corrected chi connectivity index (χ2v) is 19.2. The van der Waals surface area contributed by atoms with Gasteiger partial charge in [-0.3, -0.25) is 23.5 Å². The van der Waals surface area contributed by atoms with E-state index in [-0.39, 0.29) is 87.5 Å². The number of rotatable bonds is 13. The molecule has 2 saturated heterocycles. The number of benzene rings is 2. The summed E-state index contributed by atoms with van der Waals surface area (Å²) < 4.78 is 22.4. The average Bonchev–Trinajstić information content (AvgIpc) is 4.15. The van der Waals surface area contributed by atoms with Crippen LogP contribution in [0.4, 0.5) is 21.2 Å². The van der Waals surface area contributed by atoms with E-state index < -0.39 is 11.2 Å². The molecule has 0 aliphatic carbocycles. The molecule has 2 amide bonds. The van der Waals surface area contributed by atoms with Gasteiger partial charge < -0.3 is 45.4 Å². The maximum absolute atomic E-state index is 13.6. The van der Waals surface area contributed by atoms with Gasteiger partial charge in [-0.1, -0.05) is 10.4 Å². The van der Waals surface area contributed by atoms with Gasteiger partial charge in [-0.15, -0.1) is 10.2 Å². The topological polar surface area (TPSA) is 264 Å². The third kappa shape index (κ3) is 17.5. The fourth-order valence-electron chi connectivity index (χ4n) is 7.89. The van der Waals surface area contributed by atoms with Gasteiger partial charge in [0.05, 0.1) is 60.6 Å². The summed E-state index contributed by atoms with van der Waals surface area (Å²) in [5.74, 6) is 0.289. The van der Waals surface area contributed by atoms with Crippen LogP contribution < -0.4 is 50.5 Å². The molecule has 26 heteroatoms. The molecule has 2 aliphatic rings. The Bertz CT molecular complexity index is 2920. The molecule has 3 radical (unpaired) electrons. The Kier molecular flexibility index (Phi) is 23.6. The van der Waals surface area contributed by atoms with Crippen LogP contribution in [0.25, 0.3) is 22.7 Å². The standard InChI is InChI=1S/C26H33N7O5.C24H31N7O4.CH4O.B.Na.H/c1-5-37-22(34)11-6-19-18-32(20-7-9-21(10-8-20)33-13-12-27-29-33)24(35)23(28-19)30-14-16-31(17-15-30)25(36)38-26(2,3)4;1-24(2,3)35-23(34)29-14-12-28(13-15-29)21-22(33)30(17-18(26-21)5-4-16-32)19-6-8-20(9-7-19)31-11-10-25-27-31;1-2;;;/h7-10,12-13,18H,5-6,11,14-17H2,1-4H3;6-11,17,32H,4-5,12-16H2,1-3H3;2H,1H3;;;/q;;;;+1;-1. The molecule has 77 heavy (non-hydrogen) atoms. The van der Waals surface area contributed by atoms with Crippen molar-refractivity contribution in [2.24, 2.45) is 0 Å². The molecule has 0 bridgehead atoms. The van der Waals surface area contributed by atoms with Crippen LogP contribution in [0.5, 0.6) is 0 Å². The Morgan fingerprint density at radius 3 is 1.32 bits per heavy atom. The Morgan fingerprint density at radius 2 is 0.987 bits per heavy atom. The second kappa shape index (κ2) is 29.0. The molecule has 0 saturated carbocycles. The van der Waals surface area contributed by atoms with Crippen LogP contribution in [0, 0.1) is 0 Å². The van der Waals surface area contributed by atoms with Crippen molar-refractivity contribution in [3.8, 4) is 22.7 Å². The van der Waals surface area contributed by atoms with Gasteiger partial charge in [-0.05, 0) is 110 Å². The summed E-state index contributed by atoms with van der Waals surface area (Å²) in [4.78, 5) is 80.3. The van der Waals surface area contributed by atoms with E-state index in [1.807, 2.05) is 99.9 Å². The number of piperazine rings is 2. The molecule has 2 aliphatic heterocycles. The van der Waals surface area contributed by atoms with Gasteiger partial charge in [0.25, 0.3) is 11.1 Å². The predicted molar refractivity (Wildman–Crippen MR) is 285 cm³/mol. The molecule has 407 valence electrons. The van der Waals surface area contributed by atoms with Crippen LogP contribution in [0.2, 0.25) is 0 Å². The molecular formula is C51H69BN14NaO10. The summed E-state index contributed by atoms with van der Waals surface area (Å²) >= 11 is 0. The number of aryl methyl sites for hydroxylation is 2. The van der Waals surface area contributed by atoms with Crippen molar-refractivity contribution in [2.45, 2.75) is 85.4 Å². The van der Waals surface area contributed by atoms with Crippen molar-refractivity contribution < 1.29 is 69.8 Å². The van der Waals surface area contributed by atoms with Crippen LogP contribution >= 0.6 is 0 Å². The molecule has 2 aromatic carbocycles. The second-order valence-electron chi connectivity index (χ2n) is 19.2. The predicted octanol–water partition coefficient (Wildman–Crippen LogP) is 0.505. The van der Waals surface area contributed by atoms with E-state index in [0.717, 1.165) is 18.5 Å². The third-order valence-electron chi connectivity index (χ3n) is 11.4. The first-order chi connectivity index (χ1) is 35.9. The van der Waals surface area contributed by atoms with E-state index in [9.17, 15) is 29.1 Å². The summed E-state index contributed by atoms with van der Waals surface area (Å²) in [7, 11) is 1.00. The largest absolute Gasteiger partial charge is 1.00 e. The fourth-order valence-corrected chi connectivity index (χ4v) is 7.89. The SMILES string of the molecule is CC(C)(C)OC(=O)N1CCN(c2nc(CCCO)cn(-c3ccc(-n4ccnn4)cc3)c2=O)CC1.CCOC(=O)CCc1cn(-c2ccc(-n3ccnn3)cc2)c(=O)c(N2CCN(C(=O)OC(C)(C)C)CC2)n1.CO.[B].[H-].[Na+]. The molecule has 4 aromatic heterocycles. The van der Waals surface area contributed by atoms with Gasteiger partial charge in [0.1, 0.15) is 11.2 Å². The third-order valence-corrected chi connectivity index (χ3v) is 11.4. The van der Waals surface area contributed by atoms with Gasteiger partial charge in [0.2, 0.25) is 0 Å². The number of carbonyl (C=O) groups excluding carboxylic acids is 3. The Labute approximate surface area is 472 Å². The van der Waals surface area contributed by atoms with E-state index in [1.165, 1.54) is 4.57 Å². The van der Waals surface area contributed by atoms with Crippen molar-refractivity contribution in [3.63, 3.8) is 0 Å². The maximum atomic E-state index is 13.6. The number of aliphatic hydroxyl groups is 2. The normalized spacial score (nSPS) is 13.4. The van der Waals surface area contributed by atoms with Crippen LogP contribution in [-0.4, -0.2) is 180 Å². The van der Waals surface area contributed by atoms with Gasteiger partial charge >= 0.3 is 47.7 Å². The molecule has 24 nitrogen and oxygen atoms in total. The maximum Gasteiger partial charge on any atom is 1.00 e. The quantitative estimate of drug-likeness (QED) is 0.0907. The van der Waals surface area contributed by atoms with Crippen molar-refractivity contribution in [2.75, 3.05) is 82.5 Å². The van der Waals surface area contributed by atoms with Crippen LogP contribution in [0.1, 0.15) is 74.1 Å². The van der Waals surface area contributed by atoms with E-state index >= 15 is 0 Å². The summed E-state index contributed by atoms with van der Waals surface area (Å²) in [5, 5.41) is 31.9. The van der Waals surface area contributed by atoms with Gasteiger partial charge in [0.15, 0.2) is 11.6 Å². The smallest absolute Gasteiger partial charge is 1.00 e. The fraction of sp³-hybridized carbons (Fsp3) is 0.471. The summed E-state index contributed by atoms with van der Waals surface area (Å²) in [5.41, 5.74) is 2.59. The molecular weight excluding hydrogens is 1000 g/mol. The zero-order chi connectivity index (χ0) is 54.3. The Balaban J connectivity index is 0.000000384. The summed E-state index contributed by atoms with van der Waals surface area (Å²) in [6, 6.07) is 14.7. The minimum absolute atomic E-state index is 0.